The molecule has 0 aromatic heterocycles. The van der Waals surface area contributed by atoms with E-state index in [4.69, 9.17) is 5.11 Å². The van der Waals surface area contributed by atoms with Crippen LogP contribution in [0, 0.1) is 0 Å². The van der Waals surface area contributed by atoms with E-state index < -0.39 is 22.4 Å². The number of carboxylic acid groups (broad SMARTS) is 1. The van der Waals surface area contributed by atoms with E-state index in [1.54, 1.807) is 19.1 Å². The van der Waals surface area contributed by atoms with Gasteiger partial charge in [-0.15, -0.1) is 0 Å². The molecule has 0 fully saturated rings. The predicted molar refractivity (Wildman–Crippen MR) is 97.4 cm³/mol. The standard InChI is InChI=1S/C19H21NO5S/c1-2-26(24,25)17-10-8-15(9-11-17)12-18(21)20(14-19(22)23)13-16-6-4-3-5-7-16/h3-11H,2,12-14H2,1H3,(H,22,23). The van der Waals surface area contributed by atoms with Gasteiger partial charge in [-0.2, -0.15) is 0 Å². The highest BCUT2D eigenvalue weighted by Crippen LogP contribution is 2.14. The lowest BCUT2D eigenvalue weighted by atomic mass is 10.1. The van der Waals surface area contributed by atoms with Crippen molar-refractivity contribution in [2.24, 2.45) is 0 Å². The lowest BCUT2D eigenvalue weighted by Gasteiger charge is -2.21. The van der Waals surface area contributed by atoms with Gasteiger partial charge in [0.1, 0.15) is 6.54 Å². The number of carbonyl (C=O) groups excluding carboxylic acids is 1. The van der Waals surface area contributed by atoms with Crippen molar-refractivity contribution in [2.75, 3.05) is 12.3 Å². The highest BCUT2D eigenvalue weighted by Gasteiger charge is 2.18. The maximum Gasteiger partial charge on any atom is 0.323 e. The molecule has 1 N–H and O–H groups in total. The summed E-state index contributed by atoms with van der Waals surface area (Å²) in [5.74, 6) is -1.41. The van der Waals surface area contributed by atoms with E-state index in [0.717, 1.165) is 5.56 Å². The van der Waals surface area contributed by atoms with Crippen molar-refractivity contribution in [1.29, 1.82) is 0 Å². The molecule has 0 spiro atoms. The first-order chi connectivity index (χ1) is 12.3. The van der Waals surface area contributed by atoms with Crippen molar-refractivity contribution < 1.29 is 23.1 Å². The Balaban J connectivity index is 2.12. The molecule has 2 aromatic rings. The molecule has 26 heavy (non-hydrogen) atoms. The third-order valence-electron chi connectivity index (χ3n) is 3.91. The minimum absolute atomic E-state index is 0.00651. The molecular formula is C19H21NO5S. The molecule has 0 saturated carbocycles. The van der Waals surface area contributed by atoms with Gasteiger partial charge in [0, 0.05) is 6.54 Å². The molecule has 2 rings (SSSR count). The Morgan fingerprint density at radius 3 is 2.12 bits per heavy atom. The summed E-state index contributed by atoms with van der Waals surface area (Å²) in [5.41, 5.74) is 1.47. The normalized spacial score (nSPS) is 11.1. The summed E-state index contributed by atoms with van der Waals surface area (Å²) in [6.07, 6.45) is 0.00651. The first-order valence-electron chi connectivity index (χ1n) is 8.17. The van der Waals surface area contributed by atoms with Gasteiger partial charge in [-0.25, -0.2) is 8.42 Å². The Bertz CT molecular complexity index is 861. The second-order valence-electron chi connectivity index (χ2n) is 5.85. The fourth-order valence-electron chi connectivity index (χ4n) is 2.47. The predicted octanol–water partition coefficient (Wildman–Crippen LogP) is 2.14. The number of aliphatic carboxylic acids is 1. The number of hydrogen-bond donors (Lipinski definition) is 1. The fourth-order valence-corrected chi connectivity index (χ4v) is 3.35. The molecule has 0 radical (unpaired) electrons. The van der Waals surface area contributed by atoms with Gasteiger partial charge in [0.2, 0.25) is 5.91 Å². The summed E-state index contributed by atoms with van der Waals surface area (Å²) in [7, 11) is -3.29. The lowest BCUT2D eigenvalue weighted by Crippen LogP contribution is -2.36. The Labute approximate surface area is 153 Å². The van der Waals surface area contributed by atoms with E-state index in [1.807, 2.05) is 30.3 Å². The number of carbonyl (C=O) groups is 2. The topological polar surface area (TPSA) is 91.8 Å². The smallest absolute Gasteiger partial charge is 0.323 e. The summed E-state index contributed by atoms with van der Waals surface area (Å²) in [6, 6.07) is 15.3. The molecule has 138 valence electrons. The summed E-state index contributed by atoms with van der Waals surface area (Å²) in [5, 5.41) is 9.07. The second-order valence-corrected chi connectivity index (χ2v) is 8.13. The zero-order valence-corrected chi connectivity index (χ0v) is 15.3. The molecule has 0 aliphatic rings. The third-order valence-corrected chi connectivity index (χ3v) is 5.66. The summed E-state index contributed by atoms with van der Waals surface area (Å²) < 4.78 is 23.7. The van der Waals surface area contributed by atoms with Crippen molar-refractivity contribution >= 4 is 21.7 Å². The quantitative estimate of drug-likeness (QED) is 0.763. The van der Waals surface area contributed by atoms with Crippen LogP contribution >= 0.6 is 0 Å². The van der Waals surface area contributed by atoms with Crippen molar-refractivity contribution in [3.63, 3.8) is 0 Å². The van der Waals surface area contributed by atoms with Crippen molar-refractivity contribution in [3.8, 4) is 0 Å². The van der Waals surface area contributed by atoms with E-state index in [9.17, 15) is 18.0 Å². The molecule has 0 heterocycles. The molecule has 0 bridgehead atoms. The van der Waals surface area contributed by atoms with Gasteiger partial charge in [0.15, 0.2) is 9.84 Å². The molecule has 0 atom stereocenters. The van der Waals surface area contributed by atoms with Crippen molar-refractivity contribution in [3.05, 3.63) is 65.7 Å². The van der Waals surface area contributed by atoms with Gasteiger partial charge in [-0.3, -0.25) is 9.59 Å². The van der Waals surface area contributed by atoms with Gasteiger partial charge in [0.25, 0.3) is 0 Å². The number of benzene rings is 2. The summed E-state index contributed by atoms with van der Waals surface area (Å²) in [6.45, 7) is 1.38. The summed E-state index contributed by atoms with van der Waals surface area (Å²) in [4.78, 5) is 25.1. The monoisotopic (exact) mass is 375 g/mol. The highest BCUT2D eigenvalue weighted by atomic mass is 32.2. The number of nitrogens with zero attached hydrogens (tertiary/aromatic N) is 1. The Morgan fingerprint density at radius 2 is 1.58 bits per heavy atom. The van der Waals surface area contributed by atoms with Crippen LogP contribution in [0.1, 0.15) is 18.1 Å². The number of sulfone groups is 1. The van der Waals surface area contributed by atoms with Crippen molar-refractivity contribution in [1.82, 2.24) is 4.90 Å². The van der Waals surface area contributed by atoms with E-state index in [0.29, 0.717) is 5.56 Å². The van der Waals surface area contributed by atoms with Crippen LogP contribution in [0.15, 0.2) is 59.5 Å². The zero-order chi connectivity index (χ0) is 19.2. The minimum atomic E-state index is -3.29. The molecule has 1 amide bonds. The molecular weight excluding hydrogens is 354 g/mol. The summed E-state index contributed by atoms with van der Waals surface area (Å²) >= 11 is 0. The van der Waals surface area contributed by atoms with E-state index in [-0.39, 0.29) is 29.5 Å². The Hall–Kier alpha value is -2.67. The minimum Gasteiger partial charge on any atom is -0.480 e. The maximum atomic E-state index is 12.5. The van der Waals surface area contributed by atoms with Crippen LogP contribution in [0.25, 0.3) is 0 Å². The molecule has 2 aromatic carbocycles. The number of amides is 1. The number of carboxylic acids is 1. The van der Waals surface area contributed by atoms with Gasteiger partial charge >= 0.3 is 5.97 Å². The lowest BCUT2D eigenvalue weighted by molar-refractivity contribution is -0.144. The van der Waals surface area contributed by atoms with Gasteiger partial charge in [0.05, 0.1) is 17.1 Å². The zero-order valence-electron chi connectivity index (χ0n) is 14.5. The molecule has 0 saturated heterocycles. The van der Waals surface area contributed by atoms with Crippen LogP contribution < -0.4 is 0 Å². The second kappa shape index (κ2) is 8.62. The first-order valence-corrected chi connectivity index (χ1v) is 9.82. The Kier molecular flexibility index (Phi) is 6.52. The van der Waals surface area contributed by atoms with E-state index >= 15 is 0 Å². The Morgan fingerprint density at radius 1 is 0.962 bits per heavy atom. The number of hydrogen-bond acceptors (Lipinski definition) is 4. The molecule has 0 aliphatic heterocycles. The molecule has 0 unspecified atom stereocenters. The SMILES string of the molecule is CCS(=O)(=O)c1ccc(CC(=O)N(CC(=O)O)Cc2ccccc2)cc1. The van der Waals surface area contributed by atoms with Crippen LogP contribution in [0.3, 0.4) is 0 Å². The largest absolute Gasteiger partial charge is 0.480 e. The average molecular weight is 375 g/mol. The maximum absolute atomic E-state index is 12.5. The fraction of sp³-hybridized carbons (Fsp3) is 0.263. The van der Waals surface area contributed by atoms with Crippen LogP contribution in [0.5, 0.6) is 0 Å². The third kappa shape index (κ3) is 5.42. The first kappa shape index (κ1) is 19.7. The average Bonchev–Trinajstić information content (AvgIpc) is 2.62. The molecule has 7 heteroatoms. The van der Waals surface area contributed by atoms with Crippen LogP contribution in [0.4, 0.5) is 0 Å². The van der Waals surface area contributed by atoms with Gasteiger partial charge in [-0.05, 0) is 23.3 Å². The van der Waals surface area contributed by atoms with Crippen molar-refractivity contribution in [2.45, 2.75) is 24.8 Å². The van der Waals surface area contributed by atoms with Crippen LogP contribution in [0.2, 0.25) is 0 Å². The van der Waals surface area contributed by atoms with Gasteiger partial charge < -0.3 is 10.0 Å². The van der Waals surface area contributed by atoms with E-state index in [1.165, 1.54) is 17.0 Å². The highest BCUT2D eigenvalue weighted by molar-refractivity contribution is 7.91. The number of rotatable bonds is 8. The van der Waals surface area contributed by atoms with E-state index in [2.05, 4.69) is 0 Å². The van der Waals surface area contributed by atoms with Crippen LogP contribution in [-0.2, 0) is 32.4 Å². The molecule has 0 aliphatic carbocycles. The van der Waals surface area contributed by atoms with Gasteiger partial charge in [-0.1, -0.05) is 49.4 Å². The van der Waals surface area contributed by atoms with Crippen LogP contribution in [-0.4, -0.2) is 42.6 Å². The molecule has 6 nitrogen and oxygen atoms in total.